The summed E-state index contributed by atoms with van der Waals surface area (Å²) in [5.74, 6) is 2.75. The summed E-state index contributed by atoms with van der Waals surface area (Å²) in [6.07, 6.45) is 5.79. The molecule has 1 saturated heterocycles. The van der Waals surface area contributed by atoms with E-state index in [9.17, 15) is 4.79 Å². The molecule has 4 heteroatoms. The summed E-state index contributed by atoms with van der Waals surface area (Å²) in [6, 6.07) is 5.49. The largest absolute Gasteiger partial charge is 0.310 e. The molecule has 2 nitrogen and oxygen atoms in total. The van der Waals surface area contributed by atoms with Crippen molar-refractivity contribution in [3.63, 3.8) is 0 Å². The monoisotopic (exact) mass is 345 g/mol. The van der Waals surface area contributed by atoms with Gasteiger partial charge >= 0.3 is 0 Å². The van der Waals surface area contributed by atoms with Gasteiger partial charge in [-0.25, -0.2) is 0 Å². The van der Waals surface area contributed by atoms with Crippen molar-refractivity contribution in [3.05, 3.63) is 26.8 Å². The van der Waals surface area contributed by atoms with Crippen molar-refractivity contribution in [1.29, 1.82) is 0 Å². The van der Waals surface area contributed by atoms with Crippen LogP contribution in [-0.2, 0) is 4.79 Å². The number of amides is 1. The molecule has 0 bridgehead atoms. The zero-order chi connectivity index (χ0) is 11.7. The smallest absolute Gasteiger partial charge is 0.228 e. The maximum Gasteiger partial charge on any atom is 0.228 e. The molecule has 0 aliphatic carbocycles. The second-order valence-corrected chi connectivity index (χ2v) is 5.27. The molecule has 0 spiro atoms. The average Bonchev–Trinajstić information content (AvgIpc) is 2.60. The van der Waals surface area contributed by atoms with Gasteiger partial charge in [0.1, 0.15) is 0 Å². The number of carbonyl (C=O) groups excluding carboxylic acids is 1. The first-order valence-corrected chi connectivity index (χ1v) is 6.29. The minimum absolute atomic E-state index is 0.0268. The molecule has 1 heterocycles. The minimum Gasteiger partial charge on any atom is -0.310 e. The summed E-state index contributed by atoms with van der Waals surface area (Å²) in [7, 11) is 0. The summed E-state index contributed by atoms with van der Waals surface area (Å²) in [5, 5.41) is 0.674. The molecular weight excluding hydrogens is 336 g/mol. The van der Waals surface area contributed by atoms with E-state index in [0.29, 0.717) is 18.0 Å². The standard InChI is InChI=1S/C12H9ClINO/c1-2-8-5-12(16)15(7-8)11-4-3-9(13)6-10(11)14/h1,3-4,6,8H,5,7H2. The third kappa shape index (κ3) is 2.18. The normalized spacial score (nSPS) is 19.9. The van der Waals surface area contributed by atoms with Crippen molar-refractivity contribution in [1.82, 2.24) is 0 Å². The molecule has 1 aliphatic rings. The summed E-state index contributed by atoms with van der Waals surface area (Å²) < 4.78 is 0.969. The fraction of sp³-hybridized carbons (Fsp3) is 0.250. The number of terminal acetylenes is 1. The first kappa shape index (κ1) is 11.7. The van der Waals surface area contributed by atoms with Gasteiger partial charge in [-0.15, -0.1) is 12.3 Å². The summed E-state index contributed by atoms with van der Waals surface area (Å²) in [6.45, 7) is 0.604. The summed E-state index contributed by atoms with van der Waals surface area (Å²) in [5.41, 5.74) is 0.896. The fourth-order valence-corrected chi connectivity index (χ4v) is 2.91. The van der Waals surface area contributed by atoms with Crippen LogP contribution in [0.4, 0.5) is 5.69 Å². The van der Waals surface area contributed by atoms with Crippen LogP contribution >= 0.6 is 34.2 Å². The van der Waals surface area contributed by atoms with Crippen LogP contribution in [0.2, 0.25) is 5.02 Å². The van der Waals surface area contributed by atoms with E-state index in [0.717, 1.165) is 9.26 Å². The lowest BCUT2D eigenvalue weighted by atomic mass is 10.1. The Bertz CT molecular complexity index is 480. The number of halogens is 2. The number of hydrogen-bond acceptors (Lipinski definition) is 1. The zero-order valence-corrected chi connectivity index (χ0v) is 11.3. The van der Waals surface area contributed by atoms with Crippen molar-refractivity contribution in [2.75, 3.05) is 11.4 Å². The Morgan fingerprint density at radius 2 is 2.31 bits per heavy atom. The average molecular weight is 346 g/mol. The van der Waals surface area contributed by atoms with Gasteiger partial charge in [0.05, 0.1) is 5.69 Å². The van der Waals surface area contributed by atoms with Crippen LogP contribution in [0.15, 0.2) is 18.2 Å². The van der Waals surface area contributed by atoms with Gasteiger partial charge in [0, 0.05) is 27.5 Å². The summed E-state index contributed by atoms with van der Waals surface area (Å²) in [4.78, 5) is 13.5. The minimum atomic E-state index is 0.0268. The Kier molecular flexibility index (Phi) is 3.41. The lowest BCUT2D eigenvalue weighted by molar-refractivity contribution is -0.117. The highest BCUT2D eigenvalue weighted by molar-refractivity contribution is 14.1. The van der Waals surface area contributed by atoms with Gasteiger partial charge in [0.25, 0.3) is 0 Å². The van der Waals surface area contributed by atoms with Crippen molar-refractivity contribution in [3.8, 4) is 12.3 Å². The van der Waals surface area contributed by atoms with Crippen LogP contribution in [0, 0.1) is 21.8 Å². The lowest BCUT2D eigenvalue weighted by Crippen LogP contribution is -2.25. The van der Waals surface area contributed by atoms with E-state index in [1.807, 2.05) is 12.1 Å². The topological polar surface area (TPSA) is 20.3 Å². The van der Waals surface area contributed by atoms with Gasteiger partial charge in [-0.3, -0.25) is 4.79 Å². The second-order valence-electron chi connectivity index (χ2n) is 3.67. The maximum absolute atomic E-state index is 11.8. The maximum atomic E-state index is 11.8. The Morgan fingerprint density at radius 1 is 1.56 bits per heavy atom. The molecule has 0 saturated carbocycles. The van der Waals surface area contributed by atoms with E-state index < -0.39 is 0 Å². The lowest BCUT2D eigenvalue weighted by Gasteiger charge is -2.17. The van der Waals surface area contributed by atoms with Crippen molar-refractivity contribution < 1.29 is 4.79 Å². The molecular formula is C12H9ClINO. The van der Waals surface area contributed by atoms with Gasteiger partial charge in [-0.1, -0.05) is 11.6 Å². The molecule has 82 valence electrons. The van der Waals surface area contributed by atoms with Crippen molar-refractivity contribution in [2.45, 2.75) is 6.42 Å². The molecule has 1 aromatic rings. The number of hydrogen-bond donors (Lipinski definition) is 0. The molecule has 1 aliphatic heterocycles. The molecule has 0 N–H and O–H groups in total. The van der Waals surface area contributed by atoms with Crippen LogP contribution in [0.3, 0.4) is 0 Å². The van der Waals surface area contributed by atoms with Crippen LogP contribution in [0.5, 0.6) is 0 Å². The molecule has 2 rings (SSSR count). The SMILES string of the molecule is C#CC1CC(=O)N(c2ccc(Cl)cc2I)C1. The molecule has 0 radical (unpaired) electrons. The number of benzene rings is 1. The highest BCUT2D eigenvalue weighted by Gasteiger charge is 2.30. The molecule has 16 heavy (non-hydrogen) atoms. The highest BCUT2D eigenvalue weighted by atomic mass is 127. The fourth-order valence-electron chi connectivity index (χ4n) is 1.75. The van der Waals surface area contributed by atoms with Crippen LogP contribution in [0.25, 0.3) is 0 Å². The van der Waals surface area contributed by atoms with E-state index in [1.165, 1.54) is 0 Å². The first-order chi connectivity index (χ1) is 7.61. The molecule has 1 amide bonds. The van der Waals surface area contributed by atoms with Crippen LogP contribution in [0.1, 0.15) is 6.42 Å². The number of anilines is 1. The number of carbonyl (C=O) groups is 1. The van der Waals surface area contributed by atoms with Gasteiger partial charge in [-0.05, 0) is 40.8 Å². The third-order valence-corrected chi connectivity index (χ3v) is 3.66. The van der Waals surface area contributed by atoms with Crippen molar-refractivity contribution in [2.24, 2.45) is 5.92 Å². The Balaban J connectivity index is 2.32. The molecule has 0 aromatic heterocycles. The second kappa shape index (κ2) is 4.64. The van der Waals surface area contributed by atoms with E-state index in [4.69, 9.17) is 18.0 Å². The van der Waals surface area contributed by atoms with Crippen LogP contribution in [-0.4, -0.2) is 12.5 Å². The predicted octanol–water partition coefficient (Wildman–Crippen LogP) is 2.93. The first-order valence-electron chi connectivity index (χ1n) is 4.83. The number of rotatable bonds is 1. The quantitative estimate of drug-likeness (QED) is 0.566. The Morgan fingerprint density at radius 3 is 2.88 bits per heavy atom. The molecule has 1 unspecified atom stereocenters. The molecule has 1 atom stereocenters. The van der Waals surface area contributed by atoms with Gasteiger partial charge in [0.2, 0.25) is 5.91 Å². The highest BCUT2D eigenvalue weighted by Crippen LogP contribution is 2.30. The van der Waals surface area contributed by atoms with Gasteiger partial charge in [0.15, 0.2) is 0 Å². The van der Waals surface area contributed by atoms with Crippen LogP contribution < -0.4 is 4.90 Å². The Labute approximate surface area is 113 Å². The summed E-state index contributed by atoms with van der Waals surface area (Å²) >= 11 is 8.05. The van der Waals surface area contributed by atoms with Gasteiger partial charge < -0.3 is 4.90 Å². The van der Waals surface area contributed by atoms with Gasteiger partial charge in [-0.2, -0.15) is 0 Å². The molecule has 1 fully saturated rings. The Hall–Kier alpha value is -0.730. The van der Waals surface area contributed by atoms with E-state index in [-0.39, 0.29) is 11.8 Å². The zero-order valence-electron chi connectivity index (χ0n) is 8.41. The van der Waals surface area contributed by atoms with E-state index >= 15 is 0 Å². The van der Waals surface area contributed by atoms with E-state index in [1.54, 1.807) is 11.0 Å². The number of nitrogens with zero attached hydrogens (tertiary/aromatic N) is 1. The molecule has 1 aromatic carbocycles. The van der Waals surface area contributed by atoms with E-state index in [2.05, 4.69) is 28.5 Å². The van der Waals surface area contributed by atoms with Crippen molar-refractivity contribution >= 4 is 45.8 Å². The third-order valence-electron chi connectivity index (χ3n) is 2.56. The predicted molar refractivity (Wildman–Crippen MR) is 73.5 cm³/mol.